The van der Waals surface area contributed by atoms with E-state index in [9.17, 15) is 9.59 Å². The van der Waals surface area contributed by atoms with Gasteiger partial charge in [-0.3, -0.25) is 0 Å². The Kier molecular flexibility index (Phi) is 3.76. The van der Waals surface area contributed by atoms with Crippen LogP contribution in [-0.4, -0.2) is 22.2 Å². The van der Waals surface area contributed by atoms with Crippen LogP contribution in [0.2, 0.25) is 0 Å². The van der Waals surface area contributed by atoms with Crippen molar-refractivity contribution in [2.24, 2.45) is 0 Å². The van der Waals surface area contributed by atoms with Gasteiger partial charge in [-0.1, -0.05) is 12.2 Å². The van der Waals surface area contributed by atoms with E-state index in [1.807, 2.05) is 0 Å². The number of hydrogen-bond donors (Lipinski definition) is 2. The second-order valence-electron chi connectivity index (χ2n) is 2.31. The van der Waals surface area contributed by atoms with Gasteiger partial charge >= 0.3 is 11.9 Å². The number of aliphatic carboxylic acids is 2. The lowest BCUT2D eigenvalue weighted by Gasteiger charge is -1.90. The summed E-state index contributed by atoms with van der Waals surface area (Å²) in [5, 5.41) is 16.8. The van der Waals surface area contributed by atoms with Gasteiger partial charge in [-0.15, -0.1) is 0 Å². The maximum Gasteiger partial charge on any atom is 0.331 e. The van der Waals surface area contributed by atoms with Gasteiger partial charge < -0.3 is 10.2 Å². The number of carbonyl (C=O) groups is 2. The van der Waals surface area contributed by atoms with Crippen molar-refractivity contribution in [2.45, 2.75) is 13.8 Å². The topological polar surface area (TPSA) is 74.6 Å². The Hall–Kier alpha value is -1.58. The molecule has 66 valence electrons. The van der Waals surface area contributed by atoms with Crippen LogP contribution in [0.25, 0.3) is 0 Å². The fourth-order valence-corrected chi connectivity index (χ4v) is 0.393. The Morgan fingerprint density at radius 2 is 1.17 bits per heavy atom. The lowest BCUT2D eigenvalue weighted by Crippen LogP contribution is -1.97. The molecule has 0 saturated carbocycles. The molecule has 0 amide bonds. The predicted molar refractivity (Wildman–Crippen MR) is 42.8 cm³/mol. The molecule has 2 N–H and O–H groups in total. The molecular formula is C8H10O4. The van der Waals surface area contributed by atoms with Crippen LogP contribution in [0.5, 0.6) is 0 Å². The smallest absolute Gasteiger partial charge is 0.331 e. The molecule has 12 heavy (non-hydrogen) atoms. The molecule has 0 bridgehead atoms. The maximum atomic E-state index is 10.2. The molecule has 0 radical (unpaired) electrons. The summed E-state index contributed by atoms with van der Waals surface area (Å²) in [6, 6.07) is 0. The number of carboxylic acid groups (broad SMARTS) is 2. The molecule has 0 rings (SSSR count). The molecule has 0 spiro atoms. The minimum atomic E-state index is -1.05. The molecule has 0 aliphatic carbocycles. The summed E-state index contributed by atoms with van der Waals surface area (Å²) >= 11 is 0. The molecule has 4 nitrogen and oxygen atoms in total. The van der Waals surface area contributed by atoms with Crippen molar-refractivity contribution in [1.82, 2.24) is 0 Å². The van der Waals surface area contributed by atoms with Crippen LogP contribution in [0.3, 0.4) is 0 Å². The zero-order chi connectivity index (χ0) is 9.72. The Bertz CT molecular complexity index is 232. The second-order valence-corrected chi connectivity index (χ2v) is 2.31. The minimum absolute atomic E-state index is 0.107. The standard InChI is InChI=1S/C8H10O4/c1-5(7(9)10)3-4-6(2)8(11)12/h3-4H,1-2H3,(H,9,10)(H,11,12)/b5-3-,6-4-. The third kappa shape index (κ3) is 3.55. The van der Waals surface area contributed by atoms with Gasteiger partial charge in [0, 0.05) is 11.1 Å². The summed E-state index contributed by atoms with van der Waals surface area (Å²) in [6.07, 6.45) is 2.51. The van der Waals surface area contributed by atoms with Crippen molar-refractivity contribution >= 4 is 11.9 Å². The van der Waals surface area contributed by atoms with Gasteiger partial charge in [-0.05, 0) is 13.8 Å². The molecule has 0 aromatic rings. The normalized spacial score (nSPS) is 12.8. The van der Waals surface area contributed by atoms with Crippen LogP contribution < -0.4 is 0 Å². The highest BCUT2D eigenvalue weighted by Gasteiger charge is 1.99. The molecule has 0 aliphatic rings. The average Bonchev–Trinajstić information content (AvgIpc) is 1.98. The zero-order valence-electron chi connectivity index (χ0n) is 6.87. The highest BCUT2D eigenvalue weighted by atomic mass is 16.4. The van der Waals surface area contributed by atoms with E-state index >= 15 is 0 Å². The zero-order valence-corrected chi connectivity index (χ0v) is 6.87. The third-order valence-electron chi connectivity index (χ3n) is 1.26. The molecular weight excluding hydrogens is 160 g/mol. The van der Waals surface area contributed by atoms with E-state index in [2.05, 4.69) is 0 Å². The summed E-state index contributed by atoms with van der Waals surface area (Å²) in [5.41, 5.74) is 0.214. The molecule has 4 heteroatoms. The van der Waals surface area contributed by atoms with E-state index in [0.29, 0.717) is 0 Å². The average molecular weight is 170 g/mol. The molecule has 0 unspecified atom stereocenters. The van der Waals surface area contributed by atoms with Gasteiger partial charge in [0.2, 0.25) is 0 Å². The van der Waals surface area contributed by atoms with E-state index in [4.69, 9.17) is 10.2 Å². The number of hydrogen-bond acceptors (Lipinski definition) is 2. The molecule has 0 aliphatic heterocycles. The van der Waals surface area contributed by atoms with Crippen LogP contribution in [0.15, 0.2) is 23.3 Å². The quantitative estimate of drug-likeness (QED) is 0.490. The third-order valence-corrected chi connectivity index (χ3v) is 1.26. The van der Waals surface area contributed by atoms with Crippen LogP contribution in [-0.2, 0) is 9.59 Å². The Morgan fingerprint density at radius 3 is 1.33 bits per heavy atom. The van der Waals surface area contributed by atoms with E-state index in [1.54, 1.807) is 0 Å². The van der Waals surface area contributed by atoms with Crippen LogP contribution >= 0.6 is 0 Å². The first kappa shape index (κ1) is 10.4. The summed E-state index contributed by atoms with van der Waals surface area (Å²) in [4.78, 5) is 20.5. The van der Waals surface area contributed by atoms with Gasteiger partial charge in [0.25, 0.3) is 0 Å². The van der Waals surface area contributed by atoms with Gasteiger partial charge in [0.05, 0.1) is 0 Å². The summed E-state index contributed by atoms with van der Waals surface area (Å²) in [5.74, 6) is -2.10. The van der Waals surface area contributed by atoms with E-state index < -0.39 is 11.9 Å². The van der Waals surface area contributed by atoms with Crippen molar-refractivity contribution in [3.8, 4) is 0 Å². The van der Waals surface area contributed by atoms with Crippen LogP contribution in [0.4, 0.5) is 0 Å². The van der Waals surface area contributed by atoms with Gasteiger partial charge in [0.1, 0.15) is 0 Å². The lowest BCUT2D eigenvalue weighted by molar-refractivity contribution is -0.133. The Labute approximate surface area is 69.8 Å². The monoisotopic (exact) mass is 170 g/mol. The number of allylic oxidation sites excluding steroid dienone is 2. The first-order valence-electron chi connectivity index (χ1n) is 3.27. The predicted octanol–water partition coefficient (Wildman–Crippen LogP) is 1.05. The second kappa shape index (κ2) is 4.33. The summed E-state index contributed by atoms with van der Waals surface area (Å²) < 4.78 is 0. The fraction of sp³-hybridized carbons (Fsp3) is 0.250. The molecule has 0 saturated heterocycles. The lowest BCUT2D eigenvalue weighted by atomic mass is 10.2. The Balaban J connectivity index is 4.48. The number of carboxylic acids is 2. The van der Waals surface area contributed by atoms with E-state index in [-0.39, 0.29) is 11.1 Å². The highest BCUT2D eigenvalue weighted by molar-refractivity contribution is 5.88. The van der Waals surface area contributed by atoms with Crippen molar-refractivity contribution in [3.05, 3.63) is 23.3 Å². The molecule has 0 aromatic heterocycles. The molecule has 0 aromatic carbocycles. The largest absolute Gasteiger partial charge is 0.478 e. The number of rotatable bonds is 3. The van der Waals surface area contributed by atoms with Crippen molar-refractivity contribution in [1.29, 1.82) is 0 Å². The first-order valence-corrected chi connectivity index (χ1v) is 3.27. The van der Waals surface area contributed by atoms with Gasteiger partial charge in [0.15, 0.2) is 0 Å². The molecule has 0 heterocycles. The van der Waals surface area contributed by atoms with E-state index in [1.165, 1.54) is 26.0 Å². The van der Waals surface area contributed by atoms with Crippen molar-refractivity contribution < 1.29 is 19.8 Å². The maximum absolute atomic E-state index is 10.2. The van der Waals surface area contributed by atoms with Crippen molar-refractivity contribution in [2.75, 3.05) is 0 Å². The highest BCUT2D eigenvalue weighted by Crippen LogP contribution is 1.97. The first-order chi connectivity index (χ1) is 5.45. The van der Waals surface area contributed by atoms with Gasteiger partial charge in [-0.2, -0.15) is 0 Å². The van der Waals surface area contributed by atoms with E-state index in [0.717, 1.165) is 0 Å². The van der Waals surface area contributed by atoms with Gasteiger partial charge in [-0.25, -0.2) is 9.59 Å². The van der Waals surface area contributed by atoms with Crippen LogP contribution in [0, 0.1) is 0 Å². The minimum Gasteiger partial charge on any atom is -0.478 e. The SMILES string of the molecule is C/C(=C/C=C(/C)C(=O)O)C(=O)O. The summed E-state index contributed by atoms with van der Waals surface area (Å²) in [6.45, 7) is 2.79. The fourth-order valence-electron chi connectivity index (χ4n) is 0.393. The Morgan fingerprint density at radius 1 is 0.917 bits per heavy atom. The summed E-state index contributed by atoms with van der Waals surface area (Å²) in [7, 11) is 0. The molecule has 0 fully saturated rings. The van der Waals surface area contributed by atoms with Crippen molar-refractivity contribution in [3.63, 3.8) is 0 Å². The van der Waals surface area contributed by atoms with Crippen LogP contribution in [0.1, 0.15) is 13.8 Å². The molecule has 0 atom stereocenters.